The van der Waals surface area contributed by atoms with Crippen molar-refractivity contribution in [3.05, 3.63) is 91.2 Å². The van der Waals surface area contributed by atoms with Gasteiger partial charge in [0.1, 0.15) is 12.4 Å². The fourth-order valence-corrected chi connectivity index (χ4v) is 3.76. The van der Waals surface area contributed by atoms with E-state index in [1.807, 2.05) is 37.3 Å². The zero-order valence-corrected chi connectivity index (χ0v) is 19.9. The smallest absolute Gasteiger partial charge is 0.175 e. The molecule has 0 atom stereocenters. The van der Waals surface area contributed by atoms with Gasteiger partial charge < -0.3 is 9.47 Å². The van der Waals surface area contributed by atoms with Gasteiger partial charge in [0.15, 0.2) is 11.5 Å². The van der Waals surface area contributed by atoms with Crippen LogP contribution in [0.15, 0.2) is 65.1 Å². The third-order valence-corrected chi connectivity index (χ3v) is 5.53. The normalized spacial score (nSPS) is 11.1. The third-order valence-electron chi connectivity index (χ3n) is 4.22. The van der Waals surface area contributed by atoms with E-state index in [0.29, 0.717) is 34.7 Å². The molecule has 30 heavy (non-hydrogen) atoms. The fourth-order valence-electron chi connectivity index (χ4n) is 2.83. The number of benzene rings is 3. The summed E-state index contributed by atoms with van der Waals surface area (Å²) in [6, 6.07) is 20.0. The number of hydrogen-bond donors (Lipinski definition) is 0. The molecule has 0 bridgehead atoms. The molecule has 3 aromatic rings. The first-order valence-corrected chi connectivity index (χ1v) is 11.1. The molecule has 0 unspecified atom stereocenters. The third kappa shape index (κ3) is 5.61. The summed E-state index contributed by atoms with van der Waals surface area (Å²) in [4.78, 5) is 0. The van der Waals surface area contributed by atoms with Crippen LogP contribution in [-0.2, 0) is 6.61 Å². The van der Waals surface area contributed by atoms with Gasteiger partial charge in [-0.05, 0) is 93.0 Å². The second kappa shape index (κ2) is 10.6. The number of rotatable bonds is 7. The van der Waals surface area contributed by atoms with Crippen LogP contribution < -0.4 is 9.47 Å². The molecule has 3 rings (SSSR count). The summed E-state index contributed by atoms with van der Waals surface area (Å²) in [7, 11) is 0. The monoisotopic (exact) mass is 577 g/mol. The largest absolute Gasteiger partial charge is 0.490 e. The molecule has 0 aromatic heterocycles. The van der Waals surface area contributed by atoms with Crippen molar-refractivity contribution < 1.29 is 13.9 Å². The van der Waals surface area contributed by atoms with E-state index in [-0.39, 0.29) is 11.1 Å². The van der Waals surface area contributed by atoms with Crippen LogP contribution in [0, 0.1) is 20.7 Å². The minimum absolute atomic E-state index is 0.231. The van der Waals surface area contributed by atoms with Gasteiger partial charge in [-0.1, -0.05) is 30.3 Å². The Kier molecular flexibility index (Phi) is 7.88. The lowest BCUT2D eigenvalue weighted by atomic mass is 10.0. The number of allylic oxidation sites excluding steroid dienone is 1. The molecule has 0 N–H and O–H groups in total. The van der Waals surface area contributed by atoms with Crippen molar-refractivity contribution in [1.29, 1.82) is 5.26 Å². The Morgan fingerprint density at radius 2 is 1.87 bits per heavy atom. The predicted octanol–water partition coefficient (Wildman–Crippen LogP) is 7.23. The van der Waals surface area contributed by atoms with Gasteiger partial charge in [0, 0.05) is 9.13 Å². The lowest BCUT2D eigenvalue weighted by Crippen LogP contribution is -2.01. The fraction of sp³-hybridized carbons (Fsp3) is 0.125. The molecule has 0 aliphatic carbocycles. The first-order chi connectivity index (χ1) is 14.5. The van der Waals surface area contributed by atoms with Crippen molar-refractivity contribution in [3.63, 3.8) is 0 Å². The molecule has 6 heteroatoms. The number of nitriles is 1. The summed E-state index contributed by atoms with van der Waals surface area (Å²) in [5.41, 5.74) is 2.23. The molecule has 0 heterocycles. The molecule has 0 radical (unpaired) electrons. The molecule has 0 aliphatic rings. The summed E-state index contributed by atoms with van der Waals surface area (Å²) in [6.07, 6.45) is 1.63. The van der Waals surface area contributed by atoms with Crippen LogP contribution in [-0.4, -0.2) is 6.61 Å². The molecular formula is C24H18BrFINO2. The summed E-state index contributed by atoms with van der Waals surface area (Å²) < 4.78 is 27.7. The van der Waals surface area contributed by atoms with Crippen molar-refractivity contribution in [2.75, 3.05) is 6.61 Å². The zero-order valence-electron chi connectivity index (χ0n) is 16.2. The van der Waals surface area contributed by atoms with Crippen LogP contribution in [0.5, 0.6) is 11.5 Å². The van der Waals surface area contributed by atoms with Crippen molar-refractivity contribution in [2.24, 2.45) is 0 Å². The van der Waals surface area contributed by atoms with Crippen LogP contribution >= 0.6 is 38.5 Å². The highest BCUT2D eigenvalue weighted by Gasteiger charge is 2.14. The molecular weight excluding hydrogens is 560 g/mol. The number of hydrogen-bond acceptors (Lipinski definition) is 3. The maximum absolute atomic E-state index is 14.1. The highest BCUT2D eigenvalue weighted by molar-refractivity contribution is 14.1. The lowest BCUT2D eigenvalue weighted by Gasteiger charge is -2.15. The topological polar surface area (TPSA) is 42.2 Å². The van der Waals surface area contributed by atoms with E-state index < -0.39 is 5.82 Å². The van der Waals surface area contributed by atoms with Gasteiger partial charge in [-0.15, -0.1) is 0 Å². The highest BCUT2D eigenvalue weighted by atomic mass is 127. The van der Waals surface area contributed by atoms with E-state index in [4.69, 9.17) is 9.47 Å². The predicted molar refractivity (Wildman–Crippen MR) is 129 cm³/mol. The van der Waals surface area contributed by atoms with E-state index >= 15 is 0 Å². The van der Waals surface area contributed by atoms with E-state index in [1.165, 1.54) is 6.07 Å². The van der Waals surface area contributed by atoms with Crippen LogP contribution in [0.25, 0.3) is 11.6 Å². The van der Waals surface area contributed by atoms with Gasteiger partial charge in [0.25, 0.3) is 0 Å². The standard InChI is InChI=1S/C24H18BrFINO2/c1-2-29-23-13-17(11-18(14-28)20-5-3-4-6-22(20)26)12-21(25)24(23)30-15-16-7-9-19(27)10-8-16/h3-13H,2,15H2,1H3/b18-11-. The second-order valence-corrected chi connectivity index (χ2v) is 8.43. The van der Waals surface area contributed by atoms with Crippen LogP contribution in [0.4, 0.5) is 4.39 Å². The van der Waals surface area contributed by atoms with Gasteiger partial charge in [0.05, 0.1) is 22.7 Å². The molecule has 0 aliphatic heterocycles. The minimum Gasteiger partial charge on any atom is -0.490 e. The summed E-state index contributed by atoms with van der Waals surface area (Å²) >= 11 is 5.80. The average Bonchev–Trinajstić information content (AvgIpc) is 2.73. The van der Waals surface area contributed by atoms with Crippen molar-refractivity contribution in [1.82, 2.24) is 0 Å². The molecule has 3 nitrogen and oxygen atoms in total. The van der Waals surface area contributed by atoms with Crippen LogP contribution in [0.3, 0.4) is 0 Å². The Labute approximate surface area is 197 Å². The summed E-state index contributed by atoms with van der Waals surface area (Å²) in [5.74, 6) is 0.693. The summed E-state index contributed by atoms with van der Waals surface area (Å²) in [5, 5.41) is 9.54. The number of ether oxygens (including phenoxy) is 2. The van der Waals surface area contributed by atoms with Gasteiger partial charge in [0.2, 0.25) is 0 Å². The molecule has 0 fully saturated rings. The van der Waals surface area contributed by atoms with Gasteiger partial charge >= 0.3 is 0 Å². The van der Waals surface area contributed by atoms with Crippen molar-refractivity contribution >= 4 is 50.2 Å². The Balaban J connectivity index is 1.93. The zero-order chi connectivity index (χ0) is 21.5. The molecule has 152 valence electrons. The van der Waals surface area contributed by atoms with Gasteiger partial charge in [-0.25, -0.2) is 4.39 Å². The maximum Gasteiger partial charge on any atom is 0.175 e. The lowest BCUT2D eigenvalue weighted by molar-refractivity contribution is 0.267. The van der Waals surface area contributed by atoms with E-state index in [0.717, 1.165) is 9.13 Å². The Bertz CT molecular complexity index is 1110. The summed E-state index contributed by atoms with van der Waals surface area (Å²) in [6.45, 7) is 2.74. The number of nitrogens with zero attached hydrogens (tertiary/aromatic N) is 1. The van der Waals surface area contributed by atoms with Gasteiger partial charge in [-0.3, -0.25) is 0 Å². The quantitative estimate of drug-likeness (QED) is 0.169. The molecule has 3 aromatic carbocycles. The maximum atomic E-state index is 14.1. The first kappa shape index (κ1) is 22.3. The highest BCUT2D eigenvalue weighted by Crippen LogP contribution is 2.38. The molecule has 0 saturated carbocycles. The Morgan fingerprint density at radius 1 is 1.13 bits per heavy atom. The van der Waals surface area contributed by atoms with Crippen molar-refractivity contribution in [3.8, 4) is 17.6 Å². The Morgan fingerprint density at radius 3 is 2.53 bits per heavy atom. The van der Waals surface area contributed by atoms with E-state index in [9.17, 15) is 9.65 Å². The SMILES string of the molecule is CCOc1cc(/C=C(/C#N)c2ccccc2F)cc(Br)c1OCc1ccc(I)cc1. The van der Waals surface area contributed by atoms with Crippen LogP contribution in [0.2, 0.25) is 0 Å². The minimum atomic E-state index is -0.438. The van der Waals surface area contributed by atoms with Crippen molar-refractivity contribution in [2.45, 2.75) is 13.5 Å². The molecule has 0 spiro atoms. The van der Waals surface area contributed by atoms with E-state index in [2.05, 4.69) is 44.6 Å². The van der Waals surface area contributed by atoms with Crippen LogP contribution in [0.1, 0.15) is 23.6 Å². The Hall–Kier alpha value is -2.37. The van der Waals surface area contributed by atoms with E-state index in [1.54, 1.807) is 30.3 Å². The average molecular weight is 578 g/mol. The van der Waals surface area contributed by atoms with Gasteiger partial charge in [-0.2, -0.15) is 5.26 Å². The molecule has 0 amide bonds. The first-order valence-electron chi connectivity index (χ1n) is 9.22. The molecule has 0 saturated heterocycles. The second-order valence-electron chi connectivity index (χ2n) is 6.33. The number of halogens is 3.